The first-order chi connectivity index (χ1) is 8.34. The van der Waals surface area contributed by atoms with Crippen LogP contribution in [-0.2, 0) is 4.74 Å². The lowest BCUT2D eigenvalue weighted by Gasteiger charge is -2.03. The molecule has 0 spiro atoms. The van der Waals surface area contributed by atoms with Gasteiger partial charge < -0.3 is 4.74 Å². The number of carbonyl (C=O) groups excluding carboxylic acids is 1. The summed E-state index contributed by atoms with van der Waals surface area (Å²) in [7, 11) is 0. The zero-order valence-electron chi connectivity index (χ0n) is 10.4. The molecular formula is C15H20O2. The Labute approximate surface area is 103 Å². The summed E-state index contributed by atoms with van der Waals surface area (Å²) in [6, 6.07) is 9.09. The summed E-state index contributed by atoms with van der Waals surface area (Å²) < 4.78 is 5.16. The minimum atomic E-state index is -0.233. The molecule has 0 radical (unpaired) electrons. The average Bonchev–Trinajstić information content (AvgIpc) is 2.38. The number of allylic oxidation sites excluding steroid dienone is 2. The predicted octanol–water partition coefficient (Wildman–Crippen LogP) is 3.98. The first-order valence-electron chi connectivity index (χ1n) is 6.21. The zero-order valence-corrected chi connectivity index (χ0v) is 10.4. The van der Waals surface area contributed by atoms with Crippen molar-refractivity contribution in [1.29, 1.82) is 0 Å². The van der Waals surface area contributed by atoms with Crippen LogP contribution in [0.4, 0.5) is 0 Å². The second kappa shape index (κ2) is 8.57. The van der Waals surface area contributed by atoms with Gasteiger partial charge >= 0.3 is 5.97 Å². The van der Waals surface area contributed by atoms with E-state index in [1.807, 2.05) is 18.2 Å². The Hall–Kier alpha value is -1.57. The molecule has 17 heavy (non-hydrogen) atoms. The van der Waals surface area contributed by atoms with Gasteiger partial charge in [0.25, 0.3) is 0 Å². The van der Waals surface area contributed by atoms with Gasteiger partial charge in [-0.2, -0.15) is 0 Å². The fourth-order valence-corrected chi connectivity index (χ4v) is 1.43. The summed E-state index contributed by atoms with van der Waals surface area (Å²) in [6.07, 6.45) is 8.50. The molecule has 2 heteroatoms. The number of hydrogen-bond acceptors (Lipinski definition) is 2. The second-order valence-corrected chi connectivity index (χ2v) is 3.90. The normalized spacial score (nSPS) is 10.6. The van der Waals surface area contributed by atoms with Crippen LogP contribution in [0.15, 0.2) is 42.5 Å². The number of hydrogen-bond donors (Lipinski definition) is 0. The van der Waals surface area contributed by atoms with Crippen molar-refractivity contribution >= 4 is 5.97 Å². The zero-order chi connectivity index (χ0) is 12.3. The van der Waals surface area contributed by atoms with Gasteiger partial charge in [-0.05, 0) is 31.4 Å². The van der Waals surface area contributed by atoms with Crippen LogP contribution in [0.3, 0.4) is 0 Å². The molecule has 1 aromatic rings. The Morgan fingerprint density at radius 3 is 2.59 bits per heavy atom. The molecule has 0 unspecified atom stereocenters. The summed E-state index contributed by atoms with van der Waals surface area (Å²) >= 11 is 0. The van der Waals surface area contributed by atoms with Crippen molar-refractivity contribution < 1.29 is 9.53 Å². The van der Waals surface area contributed by atoms with Crippen molar-refractivity contribution in [2.75, 3.05) is 6.61 Å². The third kappa shape index (κ3) is 5.91. The van der Waals surface area contributed by atoms with E-state index in [1.54, 1.807) is 12.1 Å². The van der Waals surface area contributed by atoms with Crippen LogP contribution >= 0.6 is 0 Å². The number of benzene rings is 1. The second-order valence-electron chi connectivity index (χ2n) is 3.90. The van der Waals surface area contributed by atoms with Gasteiger partial charge in [-0.25, -0.2) is 4.79 Å². The number of ether oxygens (including phenoxy) is 1. The first kappa shape index (κ1) is 13.5. The highest BCUT2D eigenvalue weighted by atomic mass is 16.5. The standard InChI is InChI=1S/C15H20O2/c1-2-3-4-5-6-10-13-17-15(16)14-11-8-7-9-12-14/h4-5,7-9,11-12H,2-3,6,10,13H2,1H3/b5-4+. The summed E-state index contributed by atoms with van der Waals surface area (Å²) in [5, 5.41) is 0. The Kier molecular flexibility index (Phi) is 6.80. The molecule has 0 fully saturated rings. The van der Waals surface area contributed by atoms with Gasteiger partial charge in [-0.15, -0.1) is 0 Å². The first-order valence-corrected chi connectivity index (χ1v) is 6.21. The molecule has 2 nitrogen and oxygen atoms in total. The van der Waals surface area contributed by atoms with Crippen molar-refractivity contribution in [2.24, 2.45) is 0 Å². The maximum Gasteiger partial charge on any atom is 0.338 e. The number of unbranched alkanes of at least 4 members (excludes halogenated alkanes) is 2. The quantitative estimate of drug-likeness (QED) is 0.404. The van der Waals surface area contributed by atoms with Crippen LogP contribution in [0, 0.1) is 0 Å². The van der Waals surface area contributed by atoms with E-state index in [4.69, 9.17) is 4.74 Å². The van der Waals surface area contributed by atoms with E-state index in [0.29, 0.717) is 12.2 Å². The molecule has 0 amide bonds. The highest BCUT2D eigenvalue weighted by Crippen LogP contribution is 2.02. The molecule has 92 valence electrons. The molecule has 0 aliphatic rings. The minimum Gasteiger partial charge on any atom is -0.462 e. The van der Waals surface area contributed by atoms with E-state index in [0.717, 1.165) is 19.3 Å². The Balaban J connectivity index is 2.13. The van der Waals surface area contributed by atoms with E-state index in [-0.39, 0.29) is 5.97 Å². The Bertz CT molecular complexity index is 341. The van der Waals surface area contributed by atoms with E-state index >= 15 is 0 Å². The third-order valence-corrected chi connectivity index (χ3v) is 2.38. The molecule has 0 saturated carbocycles. The van der Waals surface area contributed by atoms with Crippen LogP contribution in [-0.4, -0.2) is 12.6 Å². The summed E-state index contributed by atoms with van der Waals surface area (Å²) in [5.41, 5.74) is 0.619. The smallest absolute Gasteiger partial charge is 0.338 e. The molecule has 1 rings (SSSR count). The lowest BCUT2D eigenvalue weighted by molar-refractivity contribution is 0.0501. The number of carbonyl (C=O) groups is 1. The minimum absolute atomic E-state index is 0.233. The monoisotopic (exact) mass is 232 g/mol. The van der Waals surface area contributed by atoms with Gasteiger partial charge in [-0.1, -0.05) is 43.7 Å². The molecule has 0 heterocycles. The fraction of sp³-hybridized carbons (Fsp3) is 0.400. The van der Waals surface area contributed by atoms with Crippen molar-refractivity contribution in [3.63, 3.8) is 0 Å². The van der Waals surface area contributed by atoms with E-state index in [9.17, 15) is 4.79 Å². The molecule has 1 aromatic carbocycles. The van der Waals surface area contributed by atoms with Gasteiger partial charge in [0.2, 0.25) is 0 Å². The SMILES string of the molecule is CCC/C=C/CCCOC(=O)c1ccccc1. The van der Waals surface area contributed by atoms with E-state index in [2.05, 4.69) is 19.1 Å². The van der Waals surface area contributed by atoms with Gasteiger partial charge in [0.05, 0.1) is 12.2 Å². The summed E-state index contributed by atoms with van der Waals surface area (Å²) in [6.45, 7) is 2.65. The Morgan fingerprint density at radius 1 is 1.18 bits per heavy atom. The van der Waals surface area contributed by atoms with Crippen molar-refractivity contribution in [1.82, 2.24) is 0 Å². The van der Waals surface area contributed by atoms with Crippen LogP contribution in [0.1, 0.15) is 43.0 Å². The number of rotatable bonds is 7. The van der Waals surface area contributed by atoms with Crippen LogP contribution < -0.4 is 0 Å². The van der Waals surface area contributed by atoms with Crippen molar-refractivity contribution in [3.05, 3.63) is 48.0 Å². The average molecular weight is 232 g/mol. The molecule has 0 atom stereocenters. The third-order valence-electron chi connectivity index (χ3n) is 2.38. The highest BCUT2D eigenvalue weighted by Gasteiger charge is 2.04. The lowest BCUT2D eigenvalue weighted by Crippen LogP contribution is -2.05. The van der Waals surface area contributed by atoms with Gasteiger partial charge in [0, 0.05) is 0 Å². The van der Waals surface area contributed by atoms with Gasteiger partial charge in [-0.3, -0.25) is 0 Å². The number of esters is 1. The topological polar surface area (TPSA) is 26.3 Å². The van der Waals surface area contributed by atoms with Crippen molar-refractivity contribution in [3.8, 4) is 0 Å². The predicted molar refractivity (Wildman–Crippen MR) is 70.0 cm³/mol. The fourth-order valence-electron chi connectivity index (χ4n) is 1.43. The molecule has 0 aliphatic carbocycles. The molecule has 0 aliphatic heterocycles. The maximum absolute atomic E-state index is 11.5. The molecule has 0 aromatic heterocycles. The maximum atomic E-state index is 11.5. The molecule has 0 N–H and O–H groups in total. The van der Waals surface area contributed by atoms with Crippen LogP contribution in [0.5, 0.6) is 0 Å². The molecular weight excluding hydrogens is 212 g/mol. The van der Waals surface area contributed by atoms with E-state index < -0.39 is 0 Å². The molecule has 0 bridgehead atoms. The largest absolute Gasteiger partial charge is 0.462 e. The highest BCUT2D eigenvalue weighted by molar-refractivity contribution is 5.89. The summed E-state index contributed by atoms with van der Waals surface area (Å²) in [5.74, 6) is -0.233. The van der Waals surface area contributed by atoms with E-state index in [1.165, 1.54) is 6.42 Å². The van der Waals surface area contributed by atoms with Gasteiger partial charge in [0.15, 0.2) is 0 Å². The summed E-state index contributed by atoms with van der Waals surface area (Å²) in [4.78, 5) is 11.5. The molecule has 0 saturated heterocycles. The van der Waals surface area contributed by atoms with Crippen LogP contribution in [0.25, 0.3) is 0 Å². The van der Waals surface area contributed by atoms with Gasteiger partial charge in [0.1, 0.15) is 0 Å². The van der Waals surface area contributed by atoms with Crippen molar-refractivity contribution in [2.45, 2.75) is 32.6 Å². The lowest BCUT2D eigenvalue weighted by atomic mass is 10.2. The Morgan fingerprint density at radius 2 is 1.88 bits per heavy atom. The van der Waals surface area contributed by atoms with Crippen LogP contribution in [0.2, 0.25) is 0 Å².